The van der Waals surface area contributed by atoms with Crippen LogP contribution in [0, 0.1) is 10.1 Å². The summed E-state index contributed by atoms with van der Waals surface area (Å²) in [5.41, 5.74) is 1.91. The molecule has 0 radical (unpaired) electrons. The van der Waals surface area contributed by atoms with Crippen molar-refractivity contribution in [2.24, 2.45) is 0 Å². The first-order valence-corrected chi connectivity index (χ1v) is 11.6. The first-order chi connectivity index (χ1) is 14.1. The number of anilines is 1. The predicted molar refractivity (Wildman–Crippen MR) is 117 cm³/mol. The number of benzene rings is 2. The van der Waals surface area contributed by atoms with Gasteiger partial charge in [-0.3, -0.25) is 19.2 Å². The highest BCUT2D eigenvalue weighted by molar-refractivity contribution is 7.92. The van der Waals surface area contributed by atoms with Crippen LogP contribution in [-0.2, 0) is 21.2 Å². The van der Waals surface area contributed by atoms with Crippen LogP contribution in [0.2, 0.25) is 0 Å². The van der Waals surface area contributed by atoms with Crippen molar-refractivity contribution >= 4 is 27.3 Å². The Kier molecular flexibility index (Phi) is 7.55. The van der Waals surface area contributed by atoms with Crippen LogP contribution in [0.3, 0.4) is 0 Å². The molecular formula is C21H27N3O5S. The number of nitro benzene ring substituents is 1. The first-order valence-electron chi connectivity index (χ1n) is 9.71. The predicted octanol–water partition coefficient (Wildman–Crippen LogP) is 3.58. The molecular weight excluding hydrogens is 406 g/mol. The summed E-state index contributed by atoms with van der Waals surface area (Å²) in [7, 11) is -3.88. The summed E-state index contributed by atoms with van der Waals surface area (Å²) in [5, 5.41) is 14.0. The molecule has 1 amide bonds. The highest BCUT2D eigenvalue weighted by Gasteiger charge is 2.32. The van der Waals surface area contributed by atoms with Gasteiger partial charge in [0.15, 0.2) is 0 Å². The first kappa shape index (κ1) is 23.3. The number of amides is 1. The van der Waals surface area contributed by atoms with Gasteiger partial charge in [-0.2, -0.15) is 0 Å². The minimum atomic E-state index is -3.88. The second kappa shape index (κ2) is 9.71. The molecule has 2 aromatic carbocycles. The zero-order valence-corrected chi connectivity index (χ0v) is 18.3. The standard InChI is InChI=1S/C21H27N3O5S/c1-5-16-10-12-17(13-11-16)15(3)22-21(25)20(6-2)23(30(4,28)29)18-8-7-9-19(14-18)24(26)27/h7-15,20H,5-6H2,1-4H3,(H,22,25)/t15-,20-/m0/s1. The minimum absolute atomic E-state index is 0.0775. The number of hydrogen-bond donors (Lipinski definition) is 1. The summed E-state index contributed by atoms with van der Waals surface area (Å²) >= 11 is 0. The van der Waals surface area contributed by atoms with Gasteiger partial charge in [0.1, 0.15) is 6.04 Å². The van der Waals surface area contributed by atoms with Gasteiger partial charge in [0.05, 0.1) is 22.9 Å². The van der Waals surface area contributed by atoms with Gasteiger partial charge in [-0.05, 0) is 37.0 Å². The van der Waals surface area contributed by atoms with Crippen molar-refractivity contribution < 1.29 is 18.1 Å². The smallest absolute Gasteiger partial charge is 0.271 e. The van der Waals surface area contributed by atoms with Crippen LogP contribution < -0.4 is 9.62 Å². The Hall–Kier alpha value is -2.94. The number of carbonyl (C=O) groups is 1. The fourth-order valence-corrected chi connectivity index (χ4v) is 4.44. The second-order valence-corrected chi connectivity index (χ2v) is 8.94. The Morgan fingerprint density at radius 3 is 2.30 bits per heavy atom. The van der Waals surface area contributed by atoms with Crippen LogP contribution in [0.25, 0.3) is 0 Å². The SMILES string of the molecule is CCc1ccc([C@H](C)NC(=O)[C@H](CC)N(c2cccc([N+](=O)[O-])c2)S(C)(=O)=O)cc1. The number of aryl methyl sites for hydroxylation is 1. The molecule has 162 valence electrons. The van der Waals surface area contributed by atoms with Crippen LogP contribution in [0.5, 0.6) is 0 Å². The van der Waals surface area contributed by atoms with E-state index in [4.69, 9.17) is 0 Å². The summed E-state index contributed by atoms with van der Waals surface area (Å²) < 4.78 is 26.0. The van der Waals surface area contributed by atoms with Crippen molar-refractivity contribution in [2.75, 3.05) is 10.6 Å². The van der Waals surface area contributed by atoms with Crippen molar-refractivity contribution in [2.45, 2.75) is 45.7 Å². The highest BCUT2D eigenvalue weighted by Crippen LogP contribution is 2.27. The average Bonchev–Trinajstić information content (AvgIpc) is 2.70. The molecule has 2 aromatic rings. The Balaban J connectivity index is 2.33. The number of nitrogens with one attached hydrogen (secondary N) is 1. The Labute approximate surface area is 177 Å². The molecule has 8 nitrogen and oxygen atoms in total. The molecule has 2 atom stereocenters. The molecule has 0 saturated carbocycles. The lowest BCUT2D eigenvalue weighted by Gasteiger charge is -2.31. The molecule has 0 bridgehead atoms. The van der Waals surface area contributed by atoms with Gasteiger partial charge in [0, 0.05) is 12.1 Å². The lowest BCUT2D eigenvalue weighted by Crippen LogP contribution is -2.49. The van der Waals surface area contributed by atoms with E-state index in [1.165, 1.54) is 23.8 Å². The van der Waals surface area contributed by atoms with Crippen molar-refractivity contribution in [1.29, 1.82) is 0 Å². The number of nitrogens with zero attached hydrogens (tertiary/aromatic N) is 2. The molecule has 30 heavy (non-hydrogen) atoms. The van der Waals surface area contributed by atoms with Crippen molar-refractivity contribution in [1.82, 2.24) is 5.32 Å². The molecule has 0 aliphatic rings. The largest absolute Gasteiger partial charge is 0.348 e. The molecule has 2 rings (SSSR count). The maximum absolute atomic E-state index is 13.0. The van der Waals surface area contributed by atoms with Crippen LogP contribution in [-0.4, -0.2) is 31.5 Å². The third kappa shape index (κ3) is 5.56. The molecule has 0 aliphatic carbocycles. The zero-order chi connectivity index (χ0) is 22.5. The fraction of sp³-hybridized carbons (Fsp3) is 0.381. The highest BCUT2D eigenvalue weighted by atomic mass is 32.2. The van der Waals surface area contributed by atoms with Gasteiger partial charge in [-0.1, -0.05) is 44.2 Å². The Morgan fingerprint density at radius 2 is 1.80 bits per heavy atom. The Morgan fingerprint density at radius 1 is 1.17 bits per heavy atom. The third-order valence-electron chi connectivity index (χ3n) is 4.87. The van der Waals surface area contributed by atoms with Crippen LogP contribution in [0.15, 0.2) is 48.5 Å². The number of non-ortho nitro benzene ring substituents is 1. The Bertz CT molecular complexity index is 1010. The number of rotatable bonds is 9. The lowest BCUT2D eigenvalue weighted by atomic mass is 10.0. The van der Waals surface area contributed by atoms with E-state index in [-0.39, 0.29) is 23.8 Å². The minimum Gasteiger partial charge on any atom is -0.348 e. The monoisotopic (exact) mass is 433 g/mol. The van der Waals surface area contributed by atoms with E-state index >= 15 is 0 Å². The molecule has 0 unspecified atom stereocenters. The molecule has 0 aromatic heterocycles. The number of carbonyl (C=O) groups excluding carboxylic acids is 1. The van der Waals surface area contributed by atoms with Crippen molar-refractivity contribution in [3.05, 3.63) is 69.8 Å². The van der Waals surface area contributed by atoms with Gasteiger partial charge < -0.3 is 5.32 Å². The van der Waals surface area contributed by atoms with E-state index in [9.17, 15) is 23.3 Å². The van der Waals surface area contributed by atoms with Gasteiger partial charge >= 0.3 is 0 Å². The lowest BCUT2D eigenvalue weighted by molar-refractivity contribution is -0.384. The van der Waals surface area contributed by atoms with Gasteiger partial charge in [-0.15, -0.1) is 0 Å². The molecule has 0 aliphatic heterocycles. The number of hydrogen-bond acceptors (Lipinski definition) is 5. The van der Waals surface area contributed by atoms with Crippen molar-refractivity contribution in [3.8, 4) is 0 Å². The maximum Gasteiger partial charge on any atom is 0.271 e. The molecule has 9 heteroatoms. The van der Waals surface area contributed by atoms with Crippen LogP contribution >= 0.6 is 0 Å². The summed E-state index contributed by atoms with van der Waals surface area (Å²) in [5.74, 6) is -0.471. The van der Waals surface area contributed by atoms with Gasteiger partial charge in [-0.25, -0.2) is 8.42 Å². The summed E-state index contributed by atoms with van der Waals surface area (Å²) in [4.78, 5) is 23.5. The summed E-state index contributed by atoms with van der Waals surface area (Å²) in [6.07, 6.45) is 2.09. The topological polar surface area (TPSA) is 110 Å². The van der Waals surface area contributed by atoms with E-state index < -0.39 is 26.9 Å². The average molecular weight is 434 g/mol. The molecule has 0 saturated heterocycles. The van der Waals surface area contributed by atoms with Crippen LogP contribution in [0.1, 0.15) is 44.4 Å². The summed E-state index contributed by atoms with van der Waals surface area (Å²) in [6.45, 7) is 5.57. The van der Waals surface area contributed by atoms with E-state index in [0.29, 0.717) is 0 Å². The van der Waals surface area contributed by atoms with Gasteiger partial charge in [0.2, 0.25) is 15.9 Å². The normalized spacial score (nSPS) is 13.3. The van der Waals surface area contributed by atoms with Crippen LogP contribution in [0.4, 0.5) is 11.4 Å². The molecule has 0 spiro atoms. The number of nitro groups is 1. The van der Waals surface area contributed by atoms with E-state index in [1.807, 2.05) is 31.2 Å². The third-order valence-corrected chi connectivity index (χ3v) is 6.05. The molecule has 0 heterocycles. The van der Waals surface area contributed by atoms with E-state index in [2.05, 4.69) is 12.2 Å². The van der Waals surface area contributed by atoms with E-state index in [1.54, 1.807) is 6.92 Å². The maximum atomic E-state index is 13.0. The second-order valence-electron chi connectivity index (χ2n) is 7.09. The number of sulfonamides is 1. The fourth-order valence-electron chi connectivity index (χ4n) is 3.24. The van der Waals surface area contributed by atoms with Gasteiger partial charge in [0.25, 0.3) is 5.69 Å². The summed E-state index contributed by atoms with van der Waals surface area (Å²) in [6, 6.07) is 11.7. The molecule has 0 fully saturated rings. The molecule has 1 N–H and O–H groups in total. The zero-order valence-electron chi connectivity index (χ0n) is 17.5. The van der Waals surface area contributed by atoms with Crippen molar-refractivity contribution in [3.63, 3.8) is 0 Å². The van der Waals surface area contributed by atoms with E-state index in [0.717, 1.165) is 28.6 Å². The quantitative estimate of drug-likeness (QED) is 0.480.